The summed E-state index contributed by atoms with van der Waals surface area (Å²) in [5, 5.41) is 11.9. The number of guanidine groups is 1. The number of nitrogens with two attached hydrogens (primary N) is 2. The molecule has 0 radical (unpaired) electrons. The van der Waals surface area contributed by atoms with Gasteiger partial charge in [0.15, 0.2) is 12.1 Å². The summed E-state index contributed by atoms with van der Waals surface area (Å²) >= 11 is 6.12. The Morgan fingerprint density at radius 3 is 2.62 bits per heavy atom. The topological polar surface area (TPSA) is 146 Å². The zero-order chi connectivity index (χ0) is 26.5. The van der Waals surface area contributed by atoms with Gasteiger partial charge < -0.3 is 25.8 Å². The summed E-state index contributed by atoms with van der Waals surface area (Å²) < 4.78 is 11.8. The number of non-ortho nitro benzene ring substituents is 1. The van der Waals surface area contributed by atoms with Crippen molar-refractivity contribution in [3.63, 3.8) is 0 Å². The highest BCUT2D eigenvalue weighted by molar-refractivity contribution is 6.30. The fraction of sp³-hybridized carbons (Fsp3) is 0.231. The SMILES string of the molecule is CC(N=C(N)N)c1ccc(OCCC2Oc3ccc([N+](=O)[O-])cc3N(Cc3cccc(Cl)c3)C2=O)cc1. The Morgan fingerprint density at radius 2 is 1.95 bits per heavy atom. The second-order valence-corrected chi connectivity index (χ2v) is 8.94. The molecular weight excluding hydrogens is 498 g/mol. The maximum Gasteiger partial charge on any atom is 0.271 e. The van der Waals surface area contributed by atoms with Gasteiger partial charge in [0.05, 0.1) is 29.8 Å². The maximum atomic E-state index is 13.4. The molecule has 37 heavy (non-hydrogen) atoms. The highest BCUT2D eigenvalue weighted by atomic mass is 35.5. The van der Waals surface area contributed by atoms with E-state index in [2.05, 4.69) is 4.99 Å². The Bertz CT molecular complexity index is 1330. The molecule has 0 aliphatic carbocycles. The summed E-state index contributed by atoms with van der Waals surface area (Å²) in [6.45, 7) is 2.28. The third kappa shape index (κ3) is 6.28. The lowest BCUT2D eigenvalue weighted by atomic mass is 10.1. The number of fused-ring (bicyclic) bond motifs is 1. The summed E-state index contributed by atoms with van der Waals surface area (Å²) in [7, 11) is 0. The van der Waals surface area contributed by atoms with Crippen LogP contribution in [0.15, 0.2) is 71.7 Å². The van der Waals surface area contributed by atoms with Crippen molar-refractivity contribution >= 4 is 34.8 Å². The van der Waals surface area contributed by atoms with Crippen molar-refractivity contribution < 1.29 is 19.2 Å². The fourth-order valence-corrected chi connectivity index (χ4v) is 4.23. The number of nitro groups is 1. The highest BCUT2D eigenvalue weighted by Crippen LogP contribution is 2.38. The number of hydrogen-bond donors (Lipinski definition) is 2. The molecule has 1 aliphatic rings. The zero-order valence-corrected chi connectivity index (χ0v) is 20.8. The quantitative estimate of drug-likeness (QED) is 0.183. The second-order valence-electron chi connectivity index (χ2n) is 8.51. The van der Waals surface area contributed by atoms with Crippen molar-refractivity contribution in [2.45, 2.75) is 32.0 Å². The van der Waals surface area contributed by atoms with Crippen LogP contribution >= 0.6 is 11.6 Å². The standard InChI is InChI=1S/C26H26ClN5O5/c1-16(30-26(28)29)18-5-8-21(9-6-18)36-12-11-24-25(33)31(15-17-3-2-4-19(27)13-17)22-14-20(32(34)35)7-10-23(22)37-24/h2-10,13-14,16,24H,11-12,15H2,1H3,(H4,28,29,30). The Balaban J connectivity index is 1.48. The third-order valence-corrected chi connectivity index (χ3v) is 6.07. The van der Waals surface area contributed by atoms with Gasteiger partial charge in [-0.1, -0.05) is 35.9 Å². The summed E-state index contributed by atoms with van der Waals surface area (Å²) in [5.74, 6) is 0.703. The van der Waals surface area contributed by atoms with Gasteiger partial charge in [-0.25, -0.2) is 4.99 Å². The molecule has 4 N–H and O–H groups in total. The van der Waals surface area contributed by atoms with E-state index in [1.54, 1.807) is 30.3 Å². The van der Waals surface area contributed by atoms with Crippen molar-refractivity contribution in [2.24, 2.45) is 16.5 Å². The number of nitrogens with zero attached hydrogens (tertiary/aromatic N) is 3. The molecule has 11 heteroatoms. The van der Waals surface area contributed by atoms with Gasteiger partial charge in [0.1, 0.15) is 11.5 Å². The normalized spacial score (nSPS) is 15.4. The second kappa shape index (κ2) is 11.2. The lowest BCUT2D eigenvalue weighted by molar-refractivity contribution is -0.384. The molecule has 0 bridgehead atoms. The lowest BCUT2D eigenvalue weighted by Gasteiger charge is -2.34. The minimum atomic E-state index is -0.825. The number of rotatable bonds is 9. The molecule has 3 aromatic rings. The molecule has 4 rings (SSSR count). The number of halogens is 1. The molecule has 10 nitrogen and oxygen atoms in total. The summed E-state index contributed by atoms with van der Waals surface area (Å²) in [5.41, 5.74) is 12.8. The smallest absolute Gasteiger partial charge is 0.271 e. The molecule has 1 heterocycles. The number of aliphatic imine (C=N–C) groups is 1. The molecular formula is C26H26ClN5O5. The van der Waals surface area contributed by atoms with E-state index in [-0.39, 0.29) is 43.2 Å². The number of nitro benzene ring substituents is 1. The number of benzene rings is 3. The van der Waals surface area contributed by atoms with E-state index >= 15 is 0 Å². The first-order valence-electron chi connectivity index (χ1n) is 11.5. The van der Waals surface area contributed by atoms with Crippen molar-refractivity contribution in [3.8, 4) is 11.5 Å². The first-order chi connectivity index (χ1) is 17.7. The molecule has 0 spiro atoms. The summed E-state index contributed by atoms with van der Waals surface area (Å²) in [6.07, 6.45) is -0.553. The van der Waals surface area contributed by atoms with E-state index in [1.807, 2.05) is 25.1 Å². The molecule has 1 amide bonds. The van der Waals surface area contributed by atoms with Gasteiger partial charge in [0.25, 0.3) is 11.6 Å². The van der Waals surface area contributed by atoms with E-state index in [0.717, 1.165) is 11.1 Å². The molecule has 3 aromatic carbocycles. The Kier molecular flexibility index (Phi) is 7.78. The van der Waals surface area contributed by atoms with Gasteiger partial charge in [-0.05, 0) is 48.4 Å². The van der Waals surface area contributed by atoms with Crippen LogP contribution in [0.2, 0.25) is 5.02 Å². The number of ether oxygens (including phenoxy) is 2. The van der Waals surface area contributed by atoms with Crippen LogP contribution in [0.1, 0.15) is 30.5 Å². The van der Waals surface area contributed by atoms with Crippen LogP contribution in [-0.4, -0.2) is 29.5 Å². The predicted molar refractivity (Wildman–Crippen MR) is 141 cm³/mol. The zero-order valence-electron chi connectivity index (χ0n) is 20.0. The Hall–Kier alpha value is -4.31. The van der Waals surface area contributed by atoms with E-state index < -0.39 is 11.0 Å². The minimum absolute atomic E-state index is 0.0190. The molecule has 1 aliphatic heterocycles. The Morgan fingerprint density at radius 1 is 1.19 bits per heavy atom. The van der Waals surface area contributed by atoms with Crippen molar-refractivity contribution in [3.05, 3.63) is 93.0 Å². The number of anilines is 1. The van der Waals surface area contributed by atoms with Gasteiger partial charge in [-0.3, -0.25) is 14.9 Å². The van der Waals surface area contributed by atoms with Gasteiger partial charge in [-0.2, -0.15) is 0 Å². The molecule has 2 atom stereocenters. The van der Waals surface area contributed by atoms with Crippen LogP contribution in [0.4, 0.5) is 11.4 Å². The predicted octanol–water partition coefficient (Wildman–Crippen LogP) is 4.35. The van der Waals surface area contributed by atoms with Crippen LogP contribution in [0.25, 0.3) is 0 Å². The monoisotopic (exact) mass is 523 g/mol. The average molecular weight is 524 g/mol. The molecule has 0 saturated carbocycles. The Labute approximate surface area is 218 Å². The first kappa shape index (κ1) is 25.8. The van der Waals surface area contributed by atoms with Gasteiger partial charge >= 0.3 is 0 Å². The largest absolute Gasteiger partial charge is 0.493 e. The van der Waals surface area contributed by atoms with Crippen LogP contribution in [0.3, 0.4) is 0 Å². The van der Waals surface area contributed by atoms with Crippen LogP contribution in [-0.2, 0) is 11.3 Å². The van der Waals surface area contributed by atoms with Crippen molar-refractivity contribution in [1.82, 2.24) is 0 Å². The van der Waals surface area contributed by atoms with Gasteiger partial charge in [0.2, 0.25) is 0 Å². The minimum Gasteiger partial charge on any atom is -0.493 e. The highest BCUT2D eigenvalue weighted by Gasteiger charge is 2.35. The van der Waals surface area contributed by atoms with Crippen molar-refractivity contribution in [2.75, 3.05) is 11.5 Å². The van der Waals surface area contributed by atoms with Crippen LogP contribution in [0.5, 0.6) is 11.5 Å². The van der Waals surface area contributed by atoms with Gasteiger partial charge in [0, 0.05) is 23.6 Å². The average Bonchev–Trinajstić information content (AvgIpc) is 2.86. The fourth-order valence-electron chi connectivity index (χ4n) is 4.01. The van der Waals surface area contributed by atoms with E-state index in [0.29, 0.717) is 22.2 Å². The summed E-state index contributed by atoms with van der Waals surface area (Å²) in [6, 6.07) is 18.5. The van der Waals surface area contributed by atoms with Gasteiger partial charge in [-0.15, -0.1) is 0 Å². The number of carbonyl (C=O) groups excluding carboxylic acids is 1. The van der Waals surface area contributed by atoms with E-state index in [4.69, 9.17) is 32.5 Å². The van der Waals surface area contributed by atoms with Crippen molar-refractivity contribution in [1.29, 1.82) is 0 Å². The molecule has 2 unspecified atom stereocenters. The molecule has 0 fully saturated rings. The lowest BCUT2D eigenvalue weighted by Crippen LogP contribution is -2.46. The van der Waals surface area contributed by atoms with E-state index in [1.165, 1.54) is 23.1 Å². The van der Waals surface area contributed by atoms with E-state index in [9.17, 15) is 14.9 Å². The molecule has 192 valence electrons. The first-order valence-corrected chi connectivity index (χ1v) is 11.9. The third-order valence-electron chi connectivity index (χ3n) is 5.84. The summed E-state index contributed by atoms with van der Waals surface area (Å²) in [4.78, 5) is 29.8. The van der Waals surface area contributed by atoms with Crippen LogP contribution < -0.4 is 25.8 Å². The maximum absolute atomic E-state index is 13.4. The number of hydrogen-bond acceptors (Lipinski definition) is 6. The molecule has 0 aromatic heterocycles. The van der Waals surface area contributed by atoms with Crippen LogP contribution in [0, 0.1) is 10.1 Å². The number of amides is 1. The number of carbonyl (C=O) groups is 1. The molecule has 0 saturated heterocycles.